The van der Waals surface area contributed by atoms with Crippen LogP contribution < -0.4 is 14.4 Å². The number of fused-ring (bicyclic) bond motifs is 1. The highest BCUT2D eigenvalue weighted by Gasteiger charge is 2.17. The average molecular weight is 359 g/mol. The second kappa shape index (κ2) is 7.79. The number of hydrogen-bond acceptors (Lipinski definition) is 4. The maximum Gasteiger partial charge on any atom is 0.127 e. The lowest BCUT2D eigenvalue weighted by Gasteiger charge is -2.19. The fraction of sp³-hybridized carbons (Fsp3) is 0.350. The molecule has 0 unspecified atom stereocenters. The first-order valence-corrected chi connectivity index (χ1v) is 8.75. The molecule has 0 fully saturated rings. The Morgan fingerprint density at radius 1 is 1.12 bits per heavy atom. The van der Waals surface area contributed by atoms with Gasteiger partial charge in [0.15, 0.2) is 0 Å². The third kappa shape index (κ3) is 3.90. The predicted octanol–water partition coefficient (Wildman–Crippen LogP) is 4.58. The van der Waals surface area contributed by atoms with Crippen molar-refractivity contribution in [2.24, 2.45) is 4.99 Å². The zero-order valence-corrected chi connectivity index (χ0v) is 15.6. The van der Waals surface area contributed by atoms with Crippen molar-refractivity contribution < 1.29 is 9.47 Å². The Balaban J connectivity index is 1.93. The van der Waals surface area contributed by atoms with Gasteiger partial charge in [-0.1, -0.05) is 11.6 Å². The van der Waals surface area contributed by atoms with Crippen LogP contribution in [0.5, 0.6) is 11.5 Å². The Kier molecular flexibility index (Phi) is 5.49. The van der Waals surface area contributed by atoms with E-state index in [1.54, 1.807) is 14.2 Å². The molecule has 0 saturated heterocycles. The summed E-state index contributed by atoms with van der Waals surface area (Å²) in [5, 5.41) is 0.753. The zero-order chi connectivity index (χ0) is 17.8. The van der Waals surface area contributed by atoms with Gasteiger partial charge in [-0.05, 0) is 43.2 Å². The first-order chi connectivity index (χ1) is 12.1. The smallest absolute Gasteiger partial charge is 0.127 e. The van der Waals surface area contributed by atoms with Gasteiger partial charge in [-0.2, -0.15) is 0 Å². The predicted molar refractivity (Wildman–Crippen MR) is 104 cm³/mol. The third-order valence-corrected chi connectivity index (χ3v) is 4.76. The van der Waals surface area contributed by atoms with Crippen LogP contribution in [0.4, 0.5) is 5.69 Å². The molecule has 1 heterocycles. The van der Waals surface area contributed by atoms with Crippen LogP contribution in [0, 0.1) is 0 Å². The van der Waals surface area contributed by atoms with Crippen molar-refractivity contribution in [1.82, 2.24) is 0 Å². The molecule has 5 heteroatoms. The summed E-state index contributed by atoms with van der Waals surface area (Å²) in [5.41, 5.74) is 4.47. The van der Waals surface area contributed by atoms with Crippen molar-refractivity contribution in [3.63, 3.8) is 0 Å². The molecule has 132 valence electrons. The Morgan fingerprint density at radius 2 is 1.96 bits per heavy atom. The van der Waals surface area contributed by atoms with Crippen LogP contribution in [0.25, 0.3) is 0 Å². The Bertz CT molecular complexity index is 789. The van der Waals surface area contributed by atoms with Crippen LogP contribution in [0.2, 0.25) is 5.02 Å². The second-order valence-electron chi connectivity index (χ2n) is 6.13. The van der Waals surface area contributed by atoms with Crippen LogP contribution in [0.1, 0.15) is 24.0 Å². The Labute approximate surface area is 154 Å². The van der Waals surface area contributed by atoms with E-state index in [1.807, 2.05) is 30.3 Å². The van der Waals surface area contributed by atoms with Crippen LogP contribution >= 0.6 is 11.6 Å². The molecule has 0 saturated carbocycles. The minimum atomic E-state index is 0.578. The van der Waals surface area contributed by atoms with Crippen molar-refractivity contribution >= 4 is 23.0 Å². The summed E-state index contributed by atoms with van der Waals surface area (Å²) in [6, 6.07) is 11.9. The van der Waals surface area contributed by atoms with Gasteiger partial charge in [0.1, 0.15) is 11.5 Å². The Hall–Kier alpha value is -2.20. The average Bonchev–Trinajstić information content (AvgIpc) is 2.78. The van der Waals surface area contributed by atoms with E-state index < -0.39 is 0 Å². The molecule has 2 aromatic rings. The largest absolute Gasteiger partial charge is 0.497 e. The molecule has 4 nitrogen and oxygen atoms in total. The third-order valence-electron chi connectivity index (χ3n) is 4.52. The fourth-order valence-corrected chi connectivity index (χ4v) is 3.30. The number of aliphatic imine (C=N–C) groups is 1. The molecule has 0 aromatic heterocycles. The first kappa shape index (κ1) is 17.6. The maximum atomic E-state index is 6.19. The van der Waals surface area contributed by atoms with E-state index in [0.29, 0.717) is 6.54 Å². The quantitative estimate of drug-likeness (QED) is 0.802. The fourth-order valence-electron chi connectivity index (χ4n) is 3.13. The molecule has 1 aliphatic rings. The topological polar surface area (TPSA) is 34.1 Å². The highest BCUT2D eigenvalue weighted by atomic mass is 35.5. The normalized spacial score (nSPS) is 15.7. The molecule has 0 N–H and O–H groups in total. The summed E-state index contributed by atoms with van der Waals surface area (Å²) < 4.78 is 10.7. The number of hydrogen-bond donors (Lipinski definition) is 0. The SMILES string of the molecule is COc1ccc(C/N=C2/CCCN(C)c3cc(Cl)ccc32)c(OC)c1. The second-order valence-corrected chi connectivity index (χ2v) is 6.56. The van der Waals surface area contributed by atoms with E-state index >= 15 is 0 Å². The Morgan fingerprint density at radius 3 is 2.72 bits per heavy atom. The van der Waals surface area contributed by atoms with Gasteiger partial charge in [0.2, 0.25) is 0 Å². The number of anilines is 1. The molecule has 1 aliphatic heterocycles. The number of halogens is 1. The summed E-state index contributed by atoms with van der Waals surface area (Å²) in [5.74, 6) is 1.58. The molecule has 0 spiro atoms. The molecule has 0 aliphatic carbocycles. The number of ether oxygens (including phenoxy) is 2. The summed E-state index contributed by atoms with van der Waals surface area (Å²) in [7, 11) is 5.42. The van der Waals surface area contributed by atoms with Crippen LogP contribution in [0.15, 0.2) is 41.4 Å². The highest BCUT2D eigenvalue weighted by Crippen LogP contribution is 2.30. The molecule has 0 amide bonds. The van der Waals surface area contributed by atoms with E-state index in [4.69, 9.17) is 26.1 Å². The molecular formula is C20H23ClN2O2. The minimum absolute atomic E-state index is 0.578. The summed E-state index contributed by atoms with van der Waals surface area (Å²) in [6.07, 6.45) is 2.03. The van der Waals surface area contributed by atoms with Crippen molar-refractivity contribution in [2.75, 3.05) is 32.7 Å². The van der Waals surface area contributed by atoms with Gasteiger partial charge in [0.25, 0.3) is 0 Å². The standard InChI is InChI=1S/C20H23ClN2O2/c1-23-10-4-5-18(17-9-7-15(21)11-19(17)23)22-13-14-6-8-16(24-2)12-20(14)25-3/h6-9,11-12H,4-5,10,13H2,1-3H3/b22-18-. The van der Waals surface area contributed by atoms with Gasteiger partial charge in [0, 0.05) is 47.2 Å². The summed E-state index contributed by atoms with van der Waals surface area (Å²) >= 11 is 6.19. The molecule has 0 atom stereocenters. The molecule has 0 radical (unpaired) electrons. The van der Waals surface area contributed by atoms with Crippen LogP contribution in [-0.2, 0) is 6.54 Å². The van der Waals surface area contributed by atoms with Gasteiger partial charge in [-0.15, -0.1) is 0 Å². The monoisotopic (exact) mass is 358 g/mol. The van der Waals surface area contributed by atoms with E-state index in [2.05, 4.69) is 18.0 Å². The van der Waals surface area contributed by atoms with Gasteiger partial charge in [-0.25, -0.2) is 0 Å². The maximum absolute atomic E-state index is 6.19. The molecule has 3 rings (SSSR count). The highest BCUT2D eigenvalue weighted by molar-refractivity contribution is 6.31. The van der Waals surface area contributed by atoms with E-state index in [-0.39, 0.29) is 0 Å². The molecule has 25 heavy (non-hydrogen) atoms. The van der Waals surface area contributed by atoms with E-state index in [0.717, 1.165) is 58.4 Å². The van der Waals surface area contributed by atoms with Crippen LogP contribution in [0.3, 0.4) is 0 Å². The van der Waals surface area contributed by atoms with Crippen molar-refractivity contribution in [2.45, 2.75) is 19.4 Å². The lowest BCUT2D eigenvalue weighted by Crippen LogP contribution is -2.17. The zero-order valence-electron chi connectivity index (χ0n) is 14.9. The molecular weight excluding hydrogens is 336 g/mol. The minimum Gasteiger partial charge on any atom is -0.497 e. The number of benzene rings is 2. The molecule has 2 aromatic carbocycles. The lowest BCUT2D eigenvalue weighted by atomic mass is 10.0. The van der Waals surface area contributed by atoms with E-state index in [1.165, 1.54) is 0 Å². The first-order valence-electron chi connectivity index (χ1n) is 8.37. The van der Waals surface area contributed by atoms with Gasteiger partial charge in [0.05, 0.1) is 20.8 Å². The van der Waals surface area contributed by atoms with Crippen molar-refractivity contribution in [1.29, 1.82) is 0 Å². The van der Waals surface area contributed by atoms with E-state index in [9.17, 15) is 0 Å². The van der Waals surface area contributed by atoms with Crippen LogP contribution in [-0.4, -0.2) is 33.5 Å². The number of rotatable bonds is 4. The number of nitrogens with zero attached hydrogens (tertiary/aromatic N) is 2. The van der Waals surface area contributed by atoms with Crippen molar-refractivity contribution in [3.05, 3.63) is 52.5 Å². The van der Waals surface area contributed by atoms with Gasteiger partial charge < -0.3 is 14.4 Å². The van der Waals surface area contributed by atoms with Gasteiger partial charge >= 0.3 is 0 Å². The number of methoxy groups -OCH3 is 2. The summed E-state index contributed by atoms with van der Waals surface area (Å²) in [6.45, 7) is 1.58. The lowest BCUT2D eigenvalue weighted by molar-refractivity contribution is 0.391. The van der Waals surface area contributed by atoms with Crippen molar-refractivity contribution in [3.8, 4) is 11.5 Å². The van der Waals surface area contributed by atoms with Gasteiger partial charge in [-0.3, -0.25) is 4.99 Å². The summed E-state index contributed by atoms with van der Waals surface area (Å²) in [4.78, 5) is 7.16. The molecule has 0 bridgehead atoms.